The summed E-state index contributed by atoms with van der Waals surface area (Å²) in [7, 11) is 1.51. The second-order valence-electron chi connectivity index (χ2n) is 3.51. The molecule has 0 saturated heterocycles. The molecule has 2 aromatic heterocycles. The third-order valence-electron chi connectivity index (χ3n) is 2.33. The Hall–Kier alpha value is -2.11. The average Bonchev–Trinajstić information content (AvgIpc) is 2.38. The van der Waals surface area contributed by atoms with Crippen molar-refractivity contribution in [2.75, 3.05) is 7.11 Å². The van der Waals surface area contributed by atoms with Gasteiger partial charge in [0, 0.05) is 6.20 Å². The van der Waals surface area contributed by atoms with Crippen LogP contribution in [-0.2, 0) is 6.18 Å². The van der Waals surface area contributed by atoms with Crippen LogP contribution in [0.1, 0.15) is 5.56 Å². The summed E-state index contributed by atoms with van der Waals surface area (Å²) in [6.07, 6.45) is -2.10. The van der Waals surface area contributed by atoms with Crippen LogP contribution in [0.5, 0.6) is 5.75 Å². The fourth-order valence-electron chi connectivity index (χ4n) is 1.37. The third-order valence-corrected chi connectivity index (χ3v) is 2.33. The SMILES string of the molecule is COc1ccc(-c2ccc(C(F)(F)F)cn2)nc1. The maximum Gasteiger partial charge on any atom is 0.417 e. The van der Waals surface area contributed by atoms with Gasteiger partial charge in [-0.05, 0) is 24.3 Å². The van der Waals surface area contributed by atoms with Crippen LogP contribution in [0.25, 0.3) is 11.4 Å². The Morgan fingerprint density at radius 2 is 1.56 bits per heavy atom. The van der Waals surface area contributed by atoms with Crippen LogP contribution < -0.4 is 4.74 Å². The lowest BCUT2D eigenvalue weighted by Crippen LogP contribution is -2.05. The van der Waals surface area contributed by atoms with Gasteiger partial charge in [-0.1, -0.05) is 0 Å². The van der Waals surface area contributed by atoms with Crippen LogP contribution >= 0.6 is 0 Å². The van der Waals surface area contributed by atoms with Gasteiger partial charge in [0.25, 0.3) is 0 Å². The Labute approximate surface area is 101 Å². The number of alkyl halides is 3. The van der Waals surface area contributed by atoms with Gasteiger partial charge in [-0.15, -0.1) is 0 Å². The van der Waals surface area contributed by atoms with Crippen molar-refractivity contribution in [1.82, 2.24) is 9.97 Å². The number of nitrogens with zero attached hydrogens (tertiary/aromatic N) is 2. The van der Waals surface area contributed by atoms with Gasteiger partial charge in [0.05, 0.1) is 30.3 Å². The summed E-state index contributed by atoms with van der Waals surface area (Å²) in [6.45, 7) is 0. The highest BCUT2D eigenvalue weighted by Crippen LogP contribution is 2.29. The molecule has 0 radical (unpaired) electrons. The number of hydrogen-bond acceptors (Lipinski definition) is 3. The second-order valence-corrected chi connectivity index (χ2v) is 3.51. The van der Waals surface area contributed by atoms with Gasteiger partial charge in [0.15, 0.2) is 0 Å². The van der Waals surface area contributed by atoms with Gasteiger partial charge < -0.3 is 4.74 Å². The van der Waals surface area contributed by atoms with Crippen LogP contribution in [0.3, 0.4) is 0 Å². The number of halogens is 3. The predicted molar refractivity (Wildman–Crippen MR) is 59.0 cm³/mol. The first kappa shape index (κ1) is 12.3. The summed E-state index contributed by atoms with van der Waals surface area (Å²) in [5.41, 5.74) is 0.0925. The first-order valence-electron chi connectivity index (χ1n) is 5.04. The van der Waals surface area contributed by atoms with E-state index in [0.717, 1.165) is 12.3 Å². The first-order chi connectivity index (χ1) is 8.50. The predicted octanol–water partition coefficient (Wildman–Crippen LogP) is 3.17. The van der Waals surface area contributed by atoms with Gasteiger partial charge in [-0.3, -0.25) is 9.97 Å². The van der Waals surface area contributed by atoms with E-state index in [9.17, 15) is 13.2 Å². The van der Waals surface area contributed by atoms with Crippen molar-refractivity contribution in [3.05, 3.63) is 42.2 Å². The van der Waals surface area contributed by atoms with E-state index in [1.54, 1.807) is 12.1 Å². The Morgan fingerprint density at radius 1 is 0.944 bits per heavy atom. The Balaban J connectivity index is 2.28. The van der Waals surface area contributed by atoms with Crippen molar-refractivity contribution in [2.24, 2.45) is 0 Å². The van der Waals surface area contributed by atoms with E-state index >= 15 is 0 Å². The van der Waals surface area contributed by atoms with E-state index in [2.05, 4.69) is 9.97 Å². The van der Waals surface area contributed by atoms with Crippen LogP contribution in [-0.4, -0.2) is 17.1 Å². The zero-order valence-electron chi connectivity index (χ0n) is 9.40. The number of rotatable bonds is 2. The molecule has 2 heterocycles. The molecular weight excluding hydrogens is 245 g/mol. The second kappa shape index (κ2) is 4.64. The summed E-state index contributed by atoms with van der Waals surface area (Å²) < 4.78 is 42.0. The van der Waals surface area contributed by atoms with Crippen LogP contribution in [0.2, 0.25) is 0 Å². The normalized spacial score (nSPS) is 11.3. The molecule has 0 fully saturated rings. The van der Waals surface area contributed by atoms with Gasteiger partial charge in [-0.2, -0.15) is 13.2 Å². The maximum absolute atomic E-state index is 12.3. The molecule has 0 atom stereocenters. The zero-order valence-corrected chi connectivity index (χ0v) is 9.40. The minimum atomic E-state index is -4.38. The molecule has 0 saturated carbocycles. The molecule has 0 unspecified atom stereocenters. The molecule has 0 aromatic carbocycles. The zero-order chi connectivity index (χ0) is 13.2. The number of ether oxygens (including phenoxy) is 1. The van der Waals surface area contributed by atoms with E-state index in [4.69, 9.17) is 4.74 Å². The minimum Gasteiger partial charge on any atom is -0.495 e. The molecule has 0 bridgehead atoms. The largest absolute Gasteiger partial charge is 0.495 e. The minimum absolute atomic E-state index is 0.380. The van der Waals surface area contributed by atoms with Gasteiger partial charge in [0.2, 0.25) is 0 Å². The Kier molecular flexibility index (Phi) is 3.18. The van der Waals surface area contributed by atoms with Crippen molar-refractivity contribution in [2.45, 2.75) is 6.18 Å². The van der Waals surface area contributed by atoms with E-state index in [0.29, 0.717) is 17.1 Å². The van der Waals surface area contributed by atoms with E-state index in [1.807, 2.05) is 0 Å². The fourth-order valence-corrected chi connectivity index (χ4v) is 1.37. The molecule has 0 aliphatic carbocycles. The van der Waals surface area contributed by atoms with Gasteiger partial charge in [-0.25, -0.2) is 0 Å². The quantitative estimate of drug-likeness (QED) is 0.825. The van der Waals surface area contributed by atoms with Gasteiger partial charge in [0.1, 0.15) is 5.75 Å². The topological polar surface area (TPSA) is 35.0 Å². The maximum atomic E-state index is 12.3. The van der Waals surface area contributed by atoms with Gasteiger partial charge >= 0.3 is 6.18 Å². The summed E-state index contributed by atoms with van der Waals surface area (Å²) in [4.78, 5) is 7.79. The van der Waals surface area contributed by atoms with Crippen LogP contribution in [0, 0.1) is 0 Å². The van der Waals surface area contributed by atoms with Crippen molar-refractivity contribution in [3.63, 3.8) is 0 Å². The number of hydrogen-bond donors (Lipinski definition) is 0. The summed E-state index contributed by atoms with van der Waals surface area (Å²) >= 11 is 0. The molecule has 0 aliphatic heterocycles. The molecular formula is C12H9F3N2O. The Bertz CT molecular complexity index is 521. The molecule has 3 nitrogen and oxygen atoms in total. The fraction of sp³-hybridized carbons (Fsp3) is 0.167. The lowest BCUT2D eigenvalue weighted by atomic mass is 10.2. The summed E-state index contributed by atoms with van der Waals surface area (Å²) in [5.74, 6) is 0.575. The molecule has 2 aromatic rings. The number of methoxy groups -OCH3 is 1. The van der Waals surface area contributed by atoms with E-state index in [-0.39, 0.29) is 0 Å². The molecule has 0 N–H and O–H groups in total. The van der Waals surface area contributed by atoms with Crippen molar-refractivity contribution >= 4 is 0 Å². The molecule has 0 amide bonds. The van der Waals surface area contributed by atoms with Crippen LogP contribution in [0.4, 0.5) is 13.2 Å². The smallest absolute Gasteiger partial charge is 0.417 e. The molecule has 18 heavy (non-hydrogen) atoms. The van der Waals surface area contributed by atoms with E-state index in [1.165, 1.54) is 19.4 Å². The molecule has 2 rings (SSSR count). The van der Waals surface area contributed by atoms with E-state index < -0.39 is 11.7 Å². The summed E-state index contributed by atoms with van der Waals surface area (Å²) in [5, 5.41) is 0. The van der Waals surface area contributed by atoms with Crippen molar-refractivity contribution < 1.29 is 17.9 Å². The third kappa shape index (κ3) is 2.58. The van der Waals surface area contributed by atoms with Crippen molar-refractivity contribution in [1.29, 1.82) is 0 Å². The lowest BCUT2D eigenvalue weighted by Gasteiger charge is -2.06. The molecule has 0 spiro atoms. The van der Waals surface area contributed by atoms with Crippen LogP contribution in [0.15, 0.2) is 36.7 Å². The highest BCUT2D eigenvalue weighted by atomic mass is 19.4. The highest BCUT2D eigenvalue weighted by Gasteiger charge is 2.30. The average molecular weight is 254 g/mol. The highest BCUT2D eigenvalue weighted by molar-refractivity contribution is 5.54. The number of pyridine rings is 2. The Morgan fingerprint density at radius 3 is 1.94 bits per heavy atom. The first-order valence-corrected chi connectivity index (χ1v) is 5.04. The standard InChI is InChI=1S/C12H9F3N2O/c1-18-9-3-5-11(17-7-9)10-4-2-8(6-16-10)12(13,14)15/h2-7H,1H3. The molecule has 6 heteroatoms. The monoisotopic (exact) mass is 254 g/mol. The molecule has 0 aliphatic rings. The summed E-state index contributed by atoms with van der Waals surface area (Å²) in [6, 6.07) is 5.57. The lowest BCUT2D eigenvalue weighted by molar-refractivity contribution is -0.137. The number of aromatic nitrogens is 2. The molecule has 94 valence electrons. The van der Waals surface area contributed by atoms with Crippen molar-refractivity contribution in [3.8, 4) is 17.1 Å².